The number of aliphatic hydroxyl groups is 1. The van der Waals surface area contributed by atoms with Crippen molar-refractivity contribution in [3.8, 4) is 5.75 Å². The van der Waals surface area contributed by atoms with E-state index >= 15 is 0 Å². The molecule has 33 heavy (non-hydrogen) atoms. The summed E-state index contributed by atoms with van der Waals surface area (Å²) in [5.41, 5.74) is 0.0777. The lowest BCUT2D eigenvalue weighted by Crippen LogP contribution is -2.50. The molecule has 3 fully saturated rings. The number of aromatic nitrogens is 1. The van der Waals surface area contributed by atoms with Gasteiger partial charge in [0.25, 0.3) is 0 Å². The van der Waals surface area contributed by atoms with Crippen molar-refractivity contribution in [3.05, 3.63) is 12.3 Å². The number of carbonyl (C=O) groups is 2. The molecular formula is C24H36N4O5. The molecule has 2 saturated heterocycles. The van der Waals surface area contributed by atoms with Crippen LogP contribution in [0.5, 0.6) is 5.75 Å². The van der Waals surface area contributed by atoms with Crippen molar-refractivity contribution in [1.82, 2.24) is 9.88 Å². The number of piperidine rings is 1. The molecule has 1 spiro atoms. The first kappa shape index (κ1) is 23.6. The Morgan fingerprint density at radius 2 is 2.03 bits per heavy atom. The highest BCUT2D eigenvalue weighted by Gasteiger charge is 2.51. The minimum atomic E-state index is -1.02. The maximum Gasteiger partial charge on any atom is 0.411 e. The van der Waals surface area contributed by atoms with Gasteiger partial charge in [-0.1, -0.05) is 6.92 Å². The van der Waals surface area contributed by atoms with Crippen molar-refractivity contribution in [2.24, 2.45) is 5.41 Å². The molecule has 2 aliphatic heterocycles. The fraction of sp³-hybridized carbons (Fsp3) is 0.708. The lowest BCUT2D eigenvalue weighted by molar-refractivity contribution is -0.139. The van der Waals surface area contributed by atoms with Crippen LogP contribution in [0.3, 0.4) is 0 Å². The maximum atomic E-state index is 13.6. The van der Waals surface area contributed by atoms with Crippen molar-refractivity contribution in [1.29, 1.82) is 0 Å². The average Bonchev–Trinajstić information content (AvgIpc) is 3.12. The number of carbonyl (C=O) groups excluding carboxylic acids is 1. The first-order chi connectivity index (χ1) is 15.9. The van der Waals surface area contributed by atoms with Crippen molar-refractivity contribution >= 4 is 23.5 Å². The average molecular weight is 461 g/mol. The van der Waals surface area contributed by atoms with E-state index < -0.39 is 11.5 Å². The highest BCUT2D eigenvalue weighted by molar-refractivity contribution is 5.87. The van der Waals surface area contributed by atoms with Gasteiger partial charge in [0.05, 0.1) is 30.5 Å². The number of hydrogen-bond donors (Lipinski definition) is 2. The SMILES string of the molecule is CCCN(C(=O)O)c1cnc(N2CCCC3(CCN([C@H]4CC[C@@H](O)CC4)C3=O)C2)c(OC)c1. The molecule has 9 nitrogen and oxygen atoms in total. The molecule has 1 saturated carbocycles. The summed E-state index contributed by atoms with van der Waals surface area (Å²) in [6.07, 6.45) is 6.94. The second kappa shape index (κ2) is 9.75. The van der Waals surface area contributed by atoms with Gasteiger partial charge in [-0.3, -0.25) is 9.69 Å². The van der Waals surface area contributed by atoms with Crippen LogP contribution >= 0.6 is 0 Å². The second-order valence-electron chi connectivity index (χ2n) is 9.67. The maximum absolute atomic E-state index is 13.6. The summed E-state index contributed by atoms with van der Waals surface area (Å²) in [6, 6.07) is 1.96. The van der Waals surface area contributed by atoms with Crippen molar-refractivity contribution in [2.75, 3.05) is 43.1 Å². The number of methoxy groups -OCH3 is 1. The van der Waals surface area contributed by atoms with Crippen LogP contribution in [0.1, 0.15) is 58.3 Å². The molecule has 9 heteroatoms. The predicted octanol–water partition coefficient (Wildman–Crippen LogP) is 3.11. The first-order valence-electron chi connectivity index (χ1n) is 12.2. The number of pyridine rings is 1. The number of aliphatic hydroxyl groups excluding tert-OH is 1. The summed E-state index contributed by atoms with van der Waals surface area (Å²) in [7, 11) is 1.56. The molecule has 1 aromatic heterocycles. The Morgan fingerprint density at radius 3 is 2.70 bits per heavy atom. The molecule has 1 unspecified atom stereocenters. The van der Waals surface area contributed by atoms with Gasteiger partial charge in [-0.25, -0.2) is 9.78 Å². The fourth-order valence-corrected chi connectivity index (χ4v) is 5.78. The number of hydrogen-bond acceptors (Lipinski definition) is 6. The van der Waals surface area contributed by atoms with Crippen LogP contribution < -0.4 is 14.5 Å². The third kappa shape index (κ3) is 4.60. The molecule has 4 rings (SSSR count). The number of anilines is 2. The summed E-state index contributed by atoms with van der Waals surface area (Å²) in [5, 5.41) is 19.4. The van der Waals surface area contributed by atoms with E-state index in [2.05, 4.69) is 14.8 Å². The fourth-order valence-electron chi connectivity index (χ4n) is 5.78. The largest absolute Gasteiger partial charge is 0.493 e. The first-order valence-corrected chi connectivity index (χ1v) is 12.2. The van der Waals surface area contributed by atoms with Gasteiger partial charge in [-0.2, -0.15) is 0 Å². The van der Waals surface area contributed by atoms with Crippen LogP contribution in [0.15, 0.2) is 12.3 Å². The van der Waals surface area contributed by atoms with Crippen LogP contribution in [0, 0.1) is 5.41 Å². The molecule has 0 radical (unpaired) electrons. The summed E-state index contributed by atoms with van der Waals surface area (Å²) >= 11 is 0. The van der Waals surface area contributed by atoms with Crippen molar-refractivity contribution in [3.63, 3.8) is 0 Å². The van der Waals surface area contributed by atoms with E-state index in [1.165, 1.54) is 4.90 Å². The number of carboxylic acid groups (broad SMARTS) is 1. The zero-order chi connectivity index (χ0) is 23.6. The molecule has 3 aliphatic rings. The highest BCUT2D eigenvalue weighted by atomic mass is 16.5. The lowest BCUT2D eigenvalue weighted by atomic mass is 9.78. The predicted molar refractivity (Wildman–Crippen MR) is 125 cm³/mol. The second-order valence-corrected chi connectivity index (χ2v) is 9.67. The molecule has 1 atom stereocenters. The van der Waals surface area contributed by atoms with Gasteiger partial charge >= 0.3 is 6.09 Å². The van der Waals surface area contributed by atoms with Gasteiger partial charge in [0.1, 0.15) is 0 Å². The molecular weight excluding hydrogens is 424 g/mol. The number of rotatable bonds is 6. The number of ether oxygens (including phenoxy) is 1. The molecule has 3 heterocycles. The summed E-state index contributed by atoms with van der Waals surface area (Å²) in [4.78, 5) is 35.3. The normalized spacial score (nSPS) is 27.8. The summed E-state index contributed by atoms with van der Waals surface area (Å²) in [5.74, 6) is 1.42. The Balaban J connectivity index is 1.52. The molecule has 2 N–H and O–H groups in total. The quantitative estimate of drug-likeness (QED) is 0.672. The Morgan fingerprint density at radius 1 is 1.27 bits per heavy atom. The smallest absolute Gasteiger partial charge is 0.411 e. The molecule has 182 valence electrons. The third-order valence-corrected chi connectivity index (χ3v) is 7.56. The Kier molecular flexibility index (Phi) is 6.97. The van der Waals surface area contributed by atoms with Crippen LogP contribution in [0.2, 0.25) is 0 Å². The number of nitrogens with zero attached hydrogens (tertiary/aromatic N) is 4. The third-order valence-electron chi connectivity index (χ3n) is 7.56. The van der Waals surface area contributed by atoms with E-state index in [1.807, 2.05) is 6.92 Å². The number of amides is 2. The van der Waals surface area contributed by atoms with Crippen LogP contribution in [0.25, 0.3) is 0 Å². The van der Waals surface area contributed by atoms with E-state index in [9.17, 15) is 19.8 Å². The van der Waals surface area contributed by atoms with Gasteiger partial charge in [-0.15, -0.1) is 0 Å². The molecule has 2 amide bonds. The van der Waals surface area contributed by atoms with E-state index in [0.717, 1.165) is 58.0 Å². The highest BCUT2D eigenvalue weighted by Crippen LogP contribution is 2.44. The Bertz CT molecular complexity index is 872. The molecule has 0 bridgehead atoms. The number of likely N-dealkylation sites (tertiary alicyclic amines) is 1. The minimum absolute atomic E-state index is 0.228. The zero-order valence-electron chi connectivity index (χ0n) is 19.7. The topological polar surface area (TPSA) is 106 Å². The summed E-state index contributed by atoms with van der Waals surface area (Å²) < 4.78 is 5.61. The summed E-state index contributed by atoms with van der Waals surface area (Å²) in [6.45, 7) is 4.47. The van der Waals surface area contributed by atoms with Crippen molar-refractivity contribution in [2.45, 2.75) is 70.4 Å². The van der Waals surface area contributed by atoms with Crippen LogP contribution in [0.4, 0.5) is 16.3 Å². The van der Waals surface area contributed by atoms with E-state index in [4.69, 9.17) is 4.74 Å². The molecule has 1 aromatic rings. The van der Waals surface area contributed by atoms with E-state index in [-0.39, 0.29) is 18.1 Å². The van der Waals surface area contributed by atoms with Crippen LogP contribution in [-0.4, -0.2) is 77.5 Å². The minimum Gasteiger partial charge on any atom is -0.493 e. The molecule has 1 aliphatic carbocycles. The molecule has 0 aromatic carbocycles. The standard InChI is InChI=1S/C24H36N4O5/c1-3-11-28(23(31)32)18-14-20(33-2)21(25-15-18)26-12-4-9-24(16-26)10-13-27(22(24)30)17-5-7-19(29)8-6-17/h14-15,17,19,29H,3-13,16H2,1-2H3,(H,31,32)/t17-,19+,24?. The van der Waals surface area contributed by atoms with Gasteiger partial charge in [0.2, 0.25) is 5.91 Å². The van der Waals surface area contributed by atoms with Gasteiger partial charge < -0.3 is 24.7 Å². The van der Waals surface area contributed by atoms with E-state index in [0.29, 0.717) is 36.8 Å². The lowest BCUT2D eigenvalue weighted by Gasteiger charge is -2.41. The Hall–Kier alpha value is -2.55. The zero-order valence-corrected chi connectivity index (χ0v) is 19.7. The van der Waals surface area contributed by atoms with E-state index in [1.54, 1.807) is 19.4 Å². The van der Waals surface area contributed by atoms with Crippen molar-refractivity contribution < 1.29 is 24.5 Å². The monoisotopic (exact) mass is 460 g/mol. The van der Waals surface area contributed by atoms with Gasteiger partial charge in [0.15, 0.2) is 11.6 Å². The van der Waals surface area contributed by atoms with Gasteiger partial charge in [-0.05, 0) is 51.4 Å². The van der Waals surface area contributed by atoms with Crippen LogP contribution in [-0.2, 0) is 4.79 Å². The van der Waals surface area contributed by atoms with Gasteiger partial charge in [0, 0.05) is 38.3 Å². The Labute approximate surface area is 195 Å².